The molecule has 2 aromatic rings. The van der Waals surface area contributed by atoms with Crippen molar-refractivity contribution in [1.29, 1.82) is 0 Å². The predicted molar refractivity (Wildman–Crippen MR) is 84.6 cm³/mol. The number of hydrogen-bond acceptors (Lipinski definition) is 4. The molecular weight excluding hydrogens is 286 g/mol. The Bertz CT molecular complexity index is 506. The van der Waals surface area contributed by atoms with Crippen LogP contribution in [0.1, 0.15) is 31.7 Å². The number of fused-ring (bicyclic) bond motifs is 1. The van der Waals surface area contributed by atoms with Crippen molar-refractivity contribution in [1.82, 2.24) is 4.98 Å². The molecule has 1 aromatic heterocycles. The van der Waals surface area contributed by atoms with Crippen molar-refractivity contribution < 1.29 is 9.47 Å². The smallest absolute Gasteiger partial charge is 0.157 e. The van der Waals surface area contributed by atoms with E-state index in [-0.39, 0.29) is 17.7 Å². The van der Waals surface area contributed by atoms with Crippen LogP contribution in [0.25, 0.3) is 10.2 Å². The highest BCUT2D eigenvalue weighted by atomic mass is 32.1. The summed E-state index contributed by atoms with van der Waals surface area (Å²) in [4.78, 5) is 4.71. The fraction of sp³-hybridized carbons (Fsp3) is 0.533. The van der Waals surface area contributed by atoms with Gasteiger partial charge in [0.2, 0.25) is 0 Å². The molecule has 0 saturated carbocycles. The Morgan fingerprint density at radius 1 is 1.20 bits per heavy atom. The molecule has 2 rings (SSSR count). The molecule has 0 aliphatic heterocycles. The highest BCUT2D eigenvalue weighted by molar-refractivity contribution is 7.18. The highest BCUT2D eigenvalue weighted by Gasteiger charge is 2.27. The van der Waals surface area contributed by atoms with Gasteiger partial charge in [-0.1, -0.05) is 19.1 Å². The summed E-state index contributed by atoms with van der Waals surface area (Å²) in [5, 5.41) is 1.11. The number of rotatable bonds is 7. The van der Waals surface area contributed by atoms with E-state index in [2.05, 4.69) is 23.2 Å². The first-order valence-corrected chi connectivity index (χ1v) is 8.36. The first-order chi connectivity index (χ1) is 9.67. The standard InChI is InChI=1S/C15H20NO2SSi/c1-4-17-15(18-5-2)13(20)10(3)14-16-11-8-6-7-9-12(11)19-14/h6-10,13,15H,4-5H2,1-3H3. The van der Waals surface area contributed by atoms with E-state index in [1.54, 1.807) is 11.3 Å². The van der Waals surface area contributed by atoms with Crippen molar-refractivity contribution in [2.24, 2.45) is 0 Å². The largest absolute Gasteiger partial charge is 0.353 e. The zero-order valence-corrected chi connectivity index (χ0v) is 13.9. The van der Waals surface area contributed by atoms with Gasteiger partial charge in [0.15, 0.2) is 6.29 Å². The monoisotopic (exact) mass is 306 g/mol. The van der Waals surface area contributed by atoms with E-state index < -0.39 is 0 Å². The maximum Gasteiger partial charge on any atom is 0.157 e. The summed E-state index contributed by atoms with van der Waals surface area (Å²) in [6.45, 7) is 7.39. The summed E-state index contributed by atoms with van der Waals surface area (Å²) >= 11 is 1.73. The molecule has 0 aliphatic rings. The van der Waals surface area contributed by atoms with Crippen LogP contribution in [0.3, 0.4) is 0 Å². The zero-order chi connectivity index (χ0) is 14.5. The third-order valence-corrected chi connectivity index (χ3v) is 5.20. The number of benzene rings is 1. The SMILES string of the molecule is CCOC(OCC)C([Si])C(C)c1nc2ccccc2s1. The van der Waals surface area contributed by atoms with Gasteiger partial charge in [-0.2, -0.15) is 0 Å². The fourth-order valence-electron chi connectivity index (χ4n) is 2.06. The molecule has 1 aromatic carbocycles. The zero-order valence-electron chi connectivity index (χ0n) is 12.1. The second-order valence-electron chi connectivity index (χ2n) is 4.61. The molecule has 107 valence electrons. The van der Waals surface area contributed by atoms with Crippen LogP contribution in [0.5, 0.6) is 0 Å². The van der Waals surface area contributed by atoms with E-state index in [0.29, 0.717) is 13.2 Å². The molecular formula is C15H20NO2SSi. The Labute approximate surface area is 127 Å². The molecule has 0 amide bonds. The molecule has 0 spiro atoms. The quantitative estimate of drug-likeness (QED) is 0.576. The first-order valence-electron chi connectivity index (χ1n) is 6.97. The highest BCUT2D eigenvalue weighted by Crippen LogP contribution is 2.35. The molecule has 0 aliphatic carbocycles. The van der Waals surface area contributed by atoms with Crippen LogP contribution in [0, 0.1) is 0 Å². The van der Waals surface area contributed by atoms with E-state index >= 15 is 0 Å². The summed E-state index contributed by atoms with van der Waals surface area (Å²) in [5.41, 5.74) is 1.14. The van der Waals surface area contributed by atoms with Gasteiger partial charge in [-0.25, -0.2) is 4.98 Å². The van der Waals surface area contributed by atoms with Gasteiger partial charge in [-0.3, -0.25) is 0 Å². The van der Waals surface area contributed by atoms with Gasteiger partial charge in [0, 0.05) is 34.9 Å². The van der Waals surface area contributed by atoms with Crippen LogP contribution in [-0.2, 0) is 9.47 Å². The lowest BCUT2D eigenvalue weighted by Gasteiger charge is -2.27. The van der Waals surface area contributed by atoms with Crippen molar-refractivity contribution in [3.05, 3.63) is 29.3 Å². The summed E-state index contributed by atoms with van der Waals surface area (Å²) in [5.74, 6) is 0.229. The topological polar surface area (TPSA) is 31.4 Å². The minimum atomic E-state index is -0.247. The number of aromatic nitrogens is 1. The average molecular weight is 306 g/mol. The van der Waals surface area contributed by atoms with Gasteiger partial charge >= 0.3 is 0 Å². The van der Waals surface area contributed by atoms with Gasteiger partial charge in [-0.15, -0.1) is 11.3 Å². The van der Waals surface area contributed by atoms with Crippen molar-refractivity contribution in [2.75, 3.05) is 13.2 Å². The van der Waals surface area contributed by atoms with E-state index in [1.807, 2.05) is 32.0 Å². The number of para-hydroxylation sites is 1. The molecule has 1 heterocycles. The molecule has 5 heteroatoms. The van der Waals surface area contributed by atoms with Crippen molar-refractivity contribution in [3.8, 4) is 0 Å². The number of ether oxygens (including phenoxy) is 2. The van der Waals surface area contributed by atoms with Crippen LogP contribution in [-0.4, -0.2) is 34.7 Å². The third-order valence-electron chi connectivity index (χ3n) is 3.19. The van der Waals surface area contributed by atoms with Gasteiger partial charge in [0.1, 0.15) is 0 Å². The number of hydrogen-bond donors (Lipinski definition) is 0. The number of nitrogens with zero attached hydrogens (tertiary/aromatic N) is 1. The summed E-state index contributed by atoms with van der Waals surface area (Å²) in [6, 6.07) is 8.22. The van der Waals surface area contributed by atoms with Crippen molar-refractivity contribution in [3.63, 3.8) is 0 Å². The minimum absolute atomic E-state index is 0.0791. The van der Waals surface area contributed by atoms with Crippen LogP contribution in [0.15, 0.2) is 24.3 Å². The minimum Gasteiger partial charge on any atom is -0.353 e. The Hall–Kier alpha value is -0.753. The van der Waals surface area contributed by atoms with E-state index in [4.69, 9.17) is 14.5 Å². The molecule has 0 saturated heterocycles. The third kappa shape index (κ3) is 3.47. The van der Waals surface area contributed by atoms with Gasteiger partial charge in [0.25, 0.3) is 0 Å². The Kier molecular flexibility index (Phi) is 5.71. The fourth-order valence-corrected chi connectivity index (χ4v) is 3.60. The maximum absolute atomic E-state index is 5.67. The predicted octanol–water partition coefficient (Wildman–Crippen LogP) is 3.76. The average Bonchev–Trinajstić information content (AvgIpc) is 2.89. The normalized spacial score (nSPS) is 14.8. The molecule has 0 N–H and O–H groups in total. The lowest BCUT2D eigenvalue weighted by Crippen LogP contribution is -2.27. The van der Waals surface area contributed by atoms with Crippen LogP contribution < -0.4 is 0 Å². The second-order valence-corrected chi connectivity index (χ2v) is 6.34. The Morgan fingerprint density at radius 2 is 1.85 bits per heavy atom. The van der Waals surface area contributed by atoms with Crippen molar-refractivity contribution >= 4 is 31.8 Å². The molecule has 2 unspecified atom stereocenters. The molecule has 3 radical (unpaired) electrons. The first kappa shape index (κ1) is 15.6. The van der Waals surface area contributed by atoms with Crippen LogP contribution in [0.4, 0.5) is 0 Å². The number of thiazole rings is 1. The summed E-state index contributed by atoms with van der Waals surface area (Å²) in [6.07, 6.45) is -0.247. The van der Waals surface area contributed by atoms with Crippen molar-refractivity contribution in [2.45, 2.75) is 38.5 Å². The lowest BCUT2D eigenvalue weighted by atomic mass is 10.1. The molecule has 20 heavy (non-hydrogen) atoms. The molecule has 3 nitrogen and oxygen atoms in total. The van der Waals surface area contributed by atoms with E-state index in [0.717, 1.165) is 10.5 Å². The maximum atomic E-state index is 5.67. The summed E-state index contributed by atoms with van der Waals surface area (Å²) in [7, 11) is 3.78. The van der Waals surface area contributed by atoms with E-state index in [9.17, 15) is 0 Å². The Balaban J connectivity index is 2.17. The van der Waals surface area contributed by atoms with E-state index in [1.165, 1.54) is 4.70 Å². The Morgan fingerprint density at radius 3 is 2.45 bits per heavy atom. The second kappa shape index (κ2) is 7.31. The van der Waals surface area contributed by atoms with Gasteiger partial charge in [-0.05, 0) is 26.0 Å². The van der Waals surface area contributed by atoms with Crippen LogP contribution >= 0.6 is 11.3 Å². The molecule has 0 bridgehead atoms. The summed E-state index contributed by atoms with van der Waals surface area (Å²) < 4.78 is 12.6. The van der Waals surface area contributed by atoms with Gasteiger partial charge < -0.3 is 9.47 Å². The van der Waals surface area contributed by atoms with Gasteiger partial charge in [0.05, 0.1) is 15.2 Å². The molecule has 0 fully saturated rings. The lowest BCUT2D eigenvalue weighted by molar-refractivity contribution is -0.140. The molecule has 2 atom stereocenters. The van der Waals surface area contributed by atoms with Crippen LogP contribution in [0.2, 0.25) is 5.54 Å².